The molecule has 1 fully saturated rings. The highest BCUT2D eigenvalue weighted by molar-refractivity contribution is 7.91. The van der Waals surface area contributed by atoms with E-state index < -0.39 is 9.84 Å². The van der Waals surface area contributed by atoms with Gasteiger partial charge in [-0.15, -0.1) is 0 Å². The zero-order chi connectivity index (χ0) is 13.4. The molecule has 1 rings (SSSR count). The Morgan fingerprint density at radius 3 is 2.61 bits per heavy atom. The minimum atomic E-state index is -2.96. The summed E-state index contributed by atoms with van der Waals surface area (Å²) in [7, 11) is -2.96. The van der Waals surface area contributed by atoms with E-state index in [-0.39, 0.29) is 30.0 Å². The van der Waals surface area contributed by atoms with Crippen molar-refractivity contribution in [2.24, 2.45) is 0 Å². The first-order chi connectivity index (χ1) is 8.53. The van der Waals surface area contributed by atoms with Crippen molar-refractivity contribution >= 4 is 15.7 Å². The quantitative estimate of drug-likeness (QED) is 0.602. The van der Waals surface area contributed by atoms with E-state index in [4.69, 9.17) is 4.74 Å². The van der Waals surface area contributed by atoms with E-state index in [9.17, 15) is 13.2 Å². The maximum absolute atomic E-state index is 11.5. The number of hydrogen-bond donors (Lipinski definition) is 2. The van der Waals surface area contributed by atoms with Crippen molar-refractivity contribution in [1.29, 1.82) is 0 Å². The Morgan fingerprint density at radius 1 is 1.33 bits per heavy atom. The molecule has 0 saturated carbocycles. The summed E-state index contributed by atoms with van der Waals surface area (Å²) >= 11 is 0. The molecule has 0 aromatic rings. The van der Waals surface area contributed by atoms with Crippen LogP contribution in [0.15, 0.2) is 0 Å². The fraction of sp³-hybridized carbons (Fsp3) is 0.909. The summed E-state index contributed by atoms with van der Waals surface area (Å²) in [5.74, 6) is 0.132. The largest absolute Gasteiger partial charge is 0.381 e. The van der Waals surface area contributed by atoms with Gasteiger partial charge in [0, 0.05) is 31.6 Å². The summed E-state index contributed by atoms with van der Waals surface area (Å²) in [4.78, 5) is 11.5. The van der Waals surface area contributed by atoms with Crippen molar-refractivity contribution in [2.45, 2.75) is 25.8 Å². The molecule has 0 radical (unpaired) electrons. The SMILES string of the molecule is CCS(=O)(=O)CCNCC(=O)NC1CCOCC1. The first-order valence-corrected chi connectivity index (χ1v) is 8.14. The summed E-state index contributed by atoms with van der Waals surface area (Å²) in [5, 5.41) is 5.74. The van der Waals surface area contributed by atoms with Crippen molar-refractivity contribution in [3.63, 3.8) is 0 Å². The molecule has 1 amide bonds. The van der Waals surface area contributed by atoms with E-state index >= 15 is 0 Å². The van der Waals surface area contributed by atoms with Crippen LogP contribution >= 0.6 is 0 Å². The Labute approximate surface area is 108 Å². The van der Waals surface area contributed by atoms with Crippen LogP contribution in [0.3, 0.4) is 0 Å². The van der Waals surface area contributed by atoms with Crippen molar-refractivity contribution in [3.05, 3.63) is 0 Å². The van der Waals surface area contributed by atoms with Crippen molar-refractivity contribution in [2.75, 3.05) is 37.8 Å². The van der Waals surface area contributed by atoms with Gasteiger partial charge < -0.3 is 15.4 Å². The highest BCUT2D eigenvalue weighted by Crippen LogP contribution is 2.05. The molecule has 0 aromatic carbocycles. The van der Waals surface area contributed by atoms with E-state index in [0.717, 1.165) is 12.8 Å². The molecule has 0 spiro atoms. The molecule has 106 valence electrons. The van der Waals surface area contributed by atoms with Gasteiger partial charge in [0.2, 0.25) is 5.91 Å². The van der Waals surface area contributed by atoms with Crippen LogP contribution in [0.2, 0.25) is 0 Å². The third kappa shape index (κ3) is 6.32. The minimum Gasteiger partial charge on any atom is -0.381 e. The van der Waals surface area contributed by atoms with Gasteiger partial charge in [0.25, 0.3) is 0 Å². The monoisotopic (exact) mass is 278 g/mol. The summed E-state index contributed by atoms with van der Waals surface area (Å²) in [6.07, 6.45) is 1.69. The molecule has 2 N–H and O–H groups in total. The lowest BCUT2D eigenvalue weighted by atomic mass is 10.1. The van der Waals surface area contributed by atoms with E-state index in [2.05, 4.69) is 10.6 Å². The van der Waals surface area contributed by atoms with Crippen LogP contribution in [0.5, 0.6) is 0 Å². The number of sulfone groups is 1. The topological polar surface area (TPSA) is 84.5 Å². The third-order valence-corrected chi connectivity index (χ3v) is 4.61. The van der Waals surface area contributed by atoms with Gasteiger partial charge >= 0.3 is 0 Å². The van der Waals surface area contributed by atoms with Crippen LogP contribution in [0, 0.1) is 0 Å². The summed E-state index contributed by atoms with van der Waals surface area (Å²) in [5.41, 5.74) is 0. The Morgan fingerprint density at radius 2 is 2.00 bits per heavy atom. The van der Waals surface area contributed by atoms with E-state index in [0.29, 0.717) is 19.8 Å². The molecule has 0 bridgehead atoms. The van der Waals surface area contributed by atoms with Gasteiger partial charge in [-0.3, -0.25) is 4.79 Å². The third-order valence-electron chi connectivity index (χ3n) is 2.90. The van der Waals surface area contributed by atoms with Crippen molar-refractivity contribution in [3.8, 4) is 0 Å². The first-order valence-electron chi connectivity index (χ1n) is 6.32. The Bertz CT molecular complexity index is 350. The standard InChI is InChI=1S/C11H22N2O4S/c1-2-18(15,16)8-5-12-9-11(14)13-10-3-6-17-7-4-10/h10,12H,2-9H2,1H3,(H,13,14). The molecule has 0 atom stereocenters. The zero-order valence-electron chi connectivity index (χ0n) is 10.8. The molecule has 0 aromatic heterocycles. The van der Waals surface area contributed by atoms with Crippen LogP contribution in [-0.4, -0.2) is 58.2 Å². The van der Waals surface area contributed by atoms with Crippen molar-refractivity contribution in [1.82, 2.24) is 10.6 Å². The molecule has 0 aliphatic carbocycles. The Kier molecular flexibility index (Phi) is 6.59. The maximum Gasteiger partial charge on any atom is 0.234 e. The lowest BCUT2D eigenvalue weighted by Crippen LogP contribution is -2.43. The molecular weight excluding hydrogens is 256 g/mol. The summed E-state index contributed by atoms with van der Waals surface area (Å²) in [6.45, 7) is 3.47. The second kappa shape index (κ2) is 7.70. The van der Waals surface area contributed by atoms with E-state index in [1.165, 1.54) is 0 Å². The molecule has 1 heterocycles. The van der Waals surface area contributed by atoms with Gasteiger partial charge in [-0.1, -0.05) is 6.92 Å². The molecule has 1 saturated heterocycles. The highest BCUT2D eigenvalue weighted by Gasteiger charge is 2.15. The molecule has 18 heavy (non-hydrogen) atoms. The number of rotatable bonds is 7. The fourth-order valence-corrected chi connectivity index (χ4v) is 2.44. The second-order valence-electron chi connectivity index (χ2n) is 4.37. The van der Waals surface area contributed by atoms with E-state index in [1.54, 1.807) is 6.92 Å². The lowest BCUT2D eigenvalue weighted by molar-refractivity contribution is -0.121. The lowest BCUT2D eigenvalue weighted by Gasteiger charge is -2.23. The molecule has 1 aliphatic heterocycles. The normalized spacial score (nSPS) is 17.6. The zero-order valence-corrected chi connectivity index (χ0v) is 11.6. The van der Waals surface area contributed by atoms with Gasteiger partial charge in [-0.05, 0) is 12.8 Å². The van der Waals surface area contributed by atoms with Gasteiger partial charge in [0.15, 0.2) is 9.84 Å². The highest BCUT2D eigenvalue weighted by atomic mass is 32.2. The average Bonchev–Trinajstić information content (AvgIpc) is 2.36. The summed E-state index contributed by atoms with van der Waals surface area (Å²) in [6, 6.07) is 0.187. The molecular formula is C11H22N2O4S. The second-order valence-corrected chi connectivity index (χ2v) is 6.84. The first kappa shape index (κ1) is 15.4. The molecule has 7 heteroatoms. The average molecular weight is 278 g/mol. The Balaban J connectivity index is 2.10. The number of nitrogens with one attached hydrogen (secondary N) is 2. The van der Waals surface area contributed by atoms with Crippen LogP contribution in [0.25, 0.3) is 0 Å². The number of amides is 1. The number of ether oxygens (including phenoxy) is 1. The van der Waals surface area contributed by atoms with Gasteiger partial charge in [-0.2, -0.15) is 0 Å². The minimum absolute atomic E-state index is 0.0774. The number of carbonyl (C=O) groups is 1. The van der Waals surface area contributed by atoms with Gasteiger partial charge in [0.05, 0.1) is 12.3 Å². The van der Waals surface area contributed by atoms with Crippen molar-refractivity contribution < 1.29 is 17.9 Å². The Hall–Kier alpha value is -0.660. The van der Waals surface area contributed by atoms with Crippen LogP contribution in [0.1, 0.15) is 19.8 Å². The van der Waals surface area contributed by atoms with Gasteiger partial charge in [-0.25, -0.2) is 8.42 Å². The van der Waals surface area contributed by atoms with Gasteiger partial charge in [0.1, 0.15) is 0 Å². The maximum atomic E-state index is 11.5. The molecule has 1 aliphatic rings. The van der Waals surface area contributed by atoms with Crippen LogP contribution < -0.4 is 10.6 Å². The summed E-state index contributed by atoms with van der Waals surface area (Å²) < 4.78 is 27.6. The predicted molar refractivity (Wildman–Crippen MR) is 69.2 cm³/mol. The van der Waals surface area contributed by atoms with Crippen LogP contribution in [0.4, 0.5) is 0 Å². The molecule has 6 nitrogen and oxygen atoms in total. The van der Waals surface area contributed by atoms with Crippen LogP contribution in [-0.2, 0) is 19.4 Å². The van der Waals surface area contributed by atoms with E-state index in [1.807, 2.05) is 0 Å². The predicted octanol–water partition coefficient (Wildman–Crippen LogP) is -0.694. The fourth-order valence-electron chi connectivity index (χ4n) is 1.69. The molecule has 0 unspecified atom stereocenters. The number of carbonyl (C=O) groups excluding carboxylic acids is 1. The smallest absolute Gasteiger partial charge is 0.234 e. The number of hydrogen-bond acceptors (Lipinski definition) is 5.